The van der Waals surface area contributed by atoms with E-state index in [1.54, 1.807) is 12.1 Å². The Hall–Kier alpha value is -1.88. The first kappa shape index (κ1) is 13.2. The summed E-state index contributed by atoms with van der Waals surface area (Å²) in [5, 5.41) is 13.8. The van der Waals surface area contributed by atoms with E-state index >= 15 is 0 Å². The number of aryl methyl sites for hydroxylation is 1. The normalized spacial score (nSPS) is 9.94. The van der Waals surface area contributed by atoms with Crippen molar-refractivity contribution in [1.29, 1.82) is 0 Å². The van der Waals surface area contributed by atoms with Gasteiger partial charge in [0.25, 0.3) is 5.91 Å². The van der Waals surface area contributed by atoms with E-state index < -0.39 is 5.97 Å². The largest absolute Gasteiger partial charge is 0.480 e. The van der Waals surface area contributed by atoms with Crippen molar-refractivity contribution in [2.75, 3.05) is 19.6 Å². The van der Waals surface area contributed by atoms with E-state index in [0.29, 0.717) is 18.7 Å². The smallest absolute Gasteiger partial charge is 0.317 e. The highest BCUT2D eigenvalue weighted by Crippen LogP contribution is 2.02. The molecule has 0 bridgehead atoms. The van der Waals surface area contributed by atoms with Gasteiger partial charge in [0.05, 0.1) is 6.54 Å². The van der Waals surface area contributed by atoms with Crippen LogP contribution < -0.4 is 10.6 Å². The summed E-state index contributed by atoms with van der Waals surface area (Å²) >= 11 is 0. The fourth-order valence-electron chi connectivity index (χ4n) is 1.27. The van der Waals surface area contributed by atoms with Gasteiger partial charge in [0, 0.05) is 18.7 Å². The van der Waals surface area contributed by atoms with Crippen LogP contribution in [-0.4, -0.2) is 36.6 Å². The highest BCUT2D eigenvalue weighted by atomic mass is 16.4. The number of amides is 1. The standard InChI is InChI=1S/C12H16N2O3/c1-9-2-4-10(5-3-9)12(17)14-7-6-13-8-11(15)16/h2-5,13H,6-8H2,1H3,(H,14,17)(H,15,16). The fraction of sp³-hybridized carbons (Fsp3) is 0.333. The van der Waals surface area contributed by atoms with E-state index in [1.165, 1.54) is 0 Å². The predicted octanol–water partition coefficient (Wildman–Crippen LogP) is 0.399. The molecule has 0 aliphatic heterocycles. The molecule has 1 rings (SSSR count). The minimum Gasteiger partial charge on any atom is -0.480 e. The van der Waals surface area contributed by atoms with Crippen LogP contribution >= 0.6 is 0 Å². The summed E-state index contributed by atoms with van der Waals surface area (Å²) in [6.07, 6.45) is 0. The van der Waals surface area contributed by atoms with Gasteiger partial charge in [-0.1, -0.05) is 17.7 Å². The highest BCUT2D eigenvalue weighted by molar-refractivity contribution is 5.94. The molecule has 92 valence electrons. The average Bonchev–Trinajstić information content (AvgIpc) is 2.29. The molecule has 0 saturated carbocycles. The summed E-state index contributed by atoms with van der Waals surface area (Å²) < 4.78 is 0. The van der Waals surface area contributed by atoms with Crippen molar-refractivity contribution < 1.29 is 14.7 Å². The Morgan fingerprint density at radius 3 is 2.41 bits per heavy atom. The van der Waals surface area contributed by atoms with Crippen LogP contribution in [-0.2, 0) is 4.79 Å². The monoisotopic (exact) mass is 236 g/mol. The van der Waals surface area contributed by atoms with E-state index in [-0.39, 0.29) is 12.5 Å². The number of carboxylic acid groups (broad SMARTS) is 1. The van der Waals surface area contributed by atoms with Crippen LogP contribution in [0.3, 0.4) is 0 Å². The molecule has 1 amide bonds. The highest BCUT2D eigenvalue weighted by Gasteiger charge is 2.03. The second-order valence-electron chi connectivity index (χ2n) is 3.69. The number of carbonyl (C=O) groups excluding carboxylic acids is 1. The molecule has 5 heteroatoms. The minimum absolute atomic E-state index is 0.0968. The van der Waals surface area contributed by atoms with E-state index in [0.717, 1.165) is 5.56 Å². The molecule has 0 aliphatic rings. The predicted molar refractivity (Wildman–Crippen MR) is 64.0 cm³/mol. The molecule has 1 aromatic rings. The lowest BCUT2D eigenvalue weighted by Crippen LogP contribution is -2.33. The Kier molecular flexibility index (Phi) is 5.16. The van der Waals surface area contributed by atoms with Crippen molar-refractivity contribution in [3.63, 3.8) is 0 Å². The molecule has 0 aliphatic carbocycles. The van der Waals surface area contributed by atoms with Crippen LogP contribution in [0.5, 0.6) is 0 Å². The number of aliphatic carboxylic acids is 1. The lowest BCUT2D eigenvalue weighted by atomic mass is 10.1. The van der Waals surface area contributed by atoms with Crippen molar-refractivity contribution in [2.45, 2.75) is 6.92 Å². The van der Waals surface area contributed by atoms with Gasteiger partial charge < -0.3 is 15.7 Å². The van der Waals surface area contributed by atoms with Crippen LogP contribution in [0.4, 0.5) is 0 Å². The molecule has 0 unspecified atom stereocenters. The first-order valence-electron chi connectivity index (χ1n) is 5.37. The molecule has 1 aromatic carbocycles. The Balaban J connectivity index is 2.25. The maximum atomic E-state index is 11.6. The fourth-order valence-corrected chi connectivity index (χ4v) is 1.27. The van der Waals surface area contributed by atoms with Crippen molar-refractivity contribution in [2.24, 2.45) is 0 Å². The summed E-state index contributed by atoms with van der Waals surface area (Å²) in [4.78, 5) is 21.8. The molecule has 0 heterocycles. The number of carboxylic acids is 1. The van der Waals surface area contributed by atoms with Crippen LogP contribution in [0.15, 0.2) is 24.3 Å². The van der Waals surface area contributed by atoms with Crippen LogP contribution in [0.2, 0.25) is 0 Å². The Labute approximate surface area is 99.8 Å². The van der Waals surface area contributed by atoms with Gasteiger partial charge in [0.1, 0.15) is 0 Å². The van der Waals surface area contributed by atoms with Crippen molar-refractivity contribution >= 4 is 11.9 Å². The summed E-state index contributed by atoms with van der Waals surface area (Å²) in [5.74, 6) is -1.06. The van der Waals surface area contributed by atoms with Gasteiger partial charge in [-0.15, -0.1) is 0 Å². The Morgan fingerprint density at radius 1 is 1.18 bits per heavy atom. The first-order valence-corrected chi connectivity index (χ1v) is 5.37. The van der Waals surface area contributed by atoms with Gasteiger partial charge in [0.15, 0.2) is 0 Å². The molecule has 3 N–H and O–H groups in total. The van der Waals surface area contributed by atoms with E-state index in [9.17, 15) is 9.59 Å². The zero-order valence-electron chi connectivity index (χ0n) is 9.69. The molecule has 17 heavy (non-hydrogen) atoms. The maximum absolute atomic E-state index is 11.6. The Bertz CT molecular complexity index is 387. The Morgan fingerprint density at radius 2 is 1.82 bits per heavy atom. The second-order valence-corrected chi connectivity index (χ2v) is 3.69. The summed E-state index contributed by atoms with van der Waals surface area (Å²) in [6, 6.07) is 7.26. The van der Waals surface area contributed by atoms with Gasteiger partial charge in [-0.25, -0.2) is 0 Å². The topological polar surface area (TPSA) is 78.4 Å². The quantitative estimate of drug-likeness (QED) is 0.625. The van der Waals surface area contributed by atoms with Gasteiger partial charge in [-0.2, -0.15) is 0 Å². The third kappa shape index (κ3) is 5.12. The zero-order valence-corrected chi connectivity index (χ0v) is 9.69. The molecule has 0 atom stereocenters. The molecule has 0 spiro atoms. The van der Waals surface area contributed by atoms with Crippen molar-refractivity contribution in [3.8, 4) is 0 Å². The number of carbonyl (C=O) groups is 2. The summed E-state index contributed by atoms with van der Waals surface area (Å²) in [7, 11) is 0. The van der Waals surface area contributed by atoms with Crippen molar-refractivity contribution in [1.82, 2.24) is 10.6 Å². The van der Waals surface area contributed by atoms with E-state index in [4.69, 9.17) is 5.11 Å². The van der Waals surface area contributed by atoms with Crippen LogP contribution in [0.1, 0.15) is 15.9 Å². The molecule has 0 radical (unpaired) electrons. The number of hydrogen-bond acceptors (Lipinski definition) is 3. The van der Waals surface area contributed by atoms with E-state index in [1.807, 2.05) is 19.1 Å². The molecule has 0 saturated heterocycles. The third-order valence-corrected chi connectivity index (χ3v) is 2.18. The van der Waals surface area contributed by atoms with Gasteiger partial charge in [-0.3, -0.25) is 9.59 Å². The summed E-state index contributed by atoms with van der Waals surface area (Å²) in [6.45, 7) is 2.70. The molecule has 0 aromatic heterocycles. The van der Waals surface area contributed by atoms with Gasteiger partial charge in [0.2, 0.25) is 0 Å². The number of rotatable bonds is 6. The molecular formula is C12H16N2O3. The number of nitrogens with one attached hydrogen (secondary N) is 2. The second kappa shape index (κ2) is 6.65. The number of hydrogen-bond donors (Lipinski definition) is 3. The van der Waals surface area contributed by atoms with E-state index in [2.05, 4.69) is 10.6 Å². The van der Waals surface area contributed by atoms with Crippen LogP contribution in [0, 0.1) is 6.92 Å². The lowest BCUT2D eigenvalue weighted by molar-refractivity contribution is -0.135. The molecule has 5 nitrogen and oxygen atoms in total. The average molecular weight is 236 g/mol. The summed E-state index contributed by atoms with van der Waals surface area (Å²) in [5.41, 5.74) is 1.71. The third-order valence-electron chi connectivity index (χ3n) is 2.18. The maximum Gasteiger partial charge on any atom is 0.317 e. The van der Waals surface area contributed by atoms with Crippen molar-refractivity contribution in [3.05, 3.63) is 35.4 Å². The molecule has 0 fully saturated rings. The van der Waals surface area contributed by atoms with Gasteiger partial charge >= 0.3 is 5.97 Å². The SMILES string of the molecule is Cc1ccc(C(=O)NCCNCC(=O)O)cc1. The number of benzene rings is 1. The minimum atomic E-state index is -0.908. The van der Waals surface area contributed by atoms with Gasteiger partial charge in [-0.05, 0) is 19.1 Å². The molecular weight excluding hydrogens is 220 g/mol. The first-order chi connectivity index (χ1) is 8.09. The zero-order chi connectivity index (χ0) is 12.7. The van der Waals surface area contributed by atoms with Crippen LogP contribution in [0.25, 0.3) is 0 Å². The lowest BCUT2D eigenvalue weighted by Gasteiger charge is -2.05.